The Morgan fingerprint density at radius 3 is 2.53 bits per heavy atom. The summed E-state index contributed by atoms with van der Waals surface area (Å²) in [6, 6.07) is 13.1. The maximum absolute atomic E-state index is 12.6. The number of carbonyl (C=O) groups excluding carboxylic acids is 2. The third-order valence-corrected chi connectivity index (χ3v) is 5.99. The highest BCUT2D eigenvalue weighted by Gasteiger charge is 2.31. The fourth-order valence-corrected chi connectivity index (χ4v) is 4.23. The van der Waals surface area contributed by atoms with Gasteiger partial charge in [0.15, 0.2) is 0 Å². The second kappa shape index (κ2) is 9.88. The lowest BCUT2D eigenvalue weighted by atomic mass is 10.2. The minimum absolute atomic E-state index is 0.146. The van der Waals surface area contributed by atoms with E-state index in [1.807, 2.05) is 18.2 Å². The number of anilines is 1. The first-order chi connectivity index (χ1) is 14.3. The summed E-state index contributed by atoms with van der Waals surface area (Å²) in [6.45, 7) is 0.329. The molecule has 3 rings (SSSR count). The van der Waals surface area contributed by atoms with Crippen LogP contribution in [0.3, 0.4) is 0 Å². The van der Waals surface area contributed by atoms with Crippen LogP contribution in [0.25, 0.3) is 6.08 Å². The highest BCUT2D eigenvalue weighted by atomic mass is 35.5. The predicted molar refractivity (Wildman–Crippen MR) is 123 cm³/mol. The van der Waals surface area contributed by atoms with Crippen LogP contribution in [0.1, 0.15) is 28.8 Å². The van der Waals surface area contributed by atoms with Crippen LogP contribution in [-0.2, 0) is 9.59 Å². The zero-order chi connectivity index (χ0) is 21.7. The molecule has 1 fully saturated rings. The zero-order valence-electron chi connectivity index (χ0n) is 15.6. The Bertz CT molecular complexity index is 1040. The predicted octanol–water partition coefficient (Wildman–Crippen LogP) is 4.66. The number of carbonyl (C=O) groups is 3. The maximum atomic E-state index is 12.6. The number of hydrogen-bond donors (Lipinski definition) is 2. The number of halogens is 1. The number of aromatic carboxylic acids is 1. The summed E-state index contributed by atoms with van der Waals surface area (Å²) >= 11 is 12.7. The van der Waals surface area contributed by atoms with E-state index < -0.39 is 5.97 Å². The van der Waals surface area contributed by atoms with Crippen molar-refractivity contribution in [3.05, 3.63) is 69.6 Å². The highest BCUT2D eigenvalue weighted by Crippen LogP contribution is 2.33. The number of hydrogen-bond acceptors (Lipinski definition) is 5. The Balaban J connectivity index is 1.52. The molecule has 1 saturated heterocycles. The fourth-order valence-electron chi connectivity index (χ4n) is 2.74. The van der Waals surface area contributed by atoms with Gasteiger partial charge in [0.05, 0.1) is 10.5 Å². The van der Waals surface area contributed by atoms with E-state index >= 15 is 0 Å². The third kappa shape index (κ3) is 5.47. The average Bonchev–Trinajstić information content (AvgIpc) is 2.97. The molecular formula is C21H17ClN2O4S2. The van der Waals surface area contributed by atoms with Crippen molar-refractivity contribution in [1.29, 1.82) is 0 Å². The smallest absolute Gasteiger partial charge is 0.335 e. The number of carboxylic acid groups (broad SMARTS) is 1. The van der Waals surface area contributed by atoms with Crippen LogP contribution in [0.4, 0.5) is 5.69 Å². The van der Waals surface area contributed by atoms with E-state index in [0.29, 0.717) is 32.9 Å². The van der Waals surface area contributed by atoms with Crippen LogP contribution in [0.5, 0.6) is 0 Å². The average molecular weight is 461 g/mol. The number of thioether (sulfide) groups is 1. The molecule has 0 unspecified atom stereocenters. The molecule has 1 heterocycles. The topological polar surface area (TPSA) is 86.7 Å². The van der Waals surface area contributed by atoms with Crippen molar-refractivity contribution >= 4 is 69.4 Å². The molecule has 2 aromatic rings. The van der Waals surface area contributed by atoms with Crippen molar-refractivity contribution in [3.8, 4) is 0 Å². The lowest BCUT2D eigenvalue weighted by Crippen LogP contribution is -2.29. The molecule has 30 heavy (non-hydrogen) atoms. The number of thiocarbonyl (C=S) groups is 1. The van der Waals surface area contributed by atoms with Crippen LogP contribution in [0.15, 0.2) is 53.4 Å². The fraction of sp³-hybridized carbons (Fsp3) is 0.143. The van der Waals surface area contributed by atoms with Crippen LogP contribution < -0.4 is 5.32 Å². The van der Waals surface area contributed by atoms with E-state index in [1.165, 1.54) is 40.9 Å². The van der Waals surface area contributed by atoms with Gasteiger partial charge in [-0.15, -0.1) is 0 Å². The molecule has 2 aromatic carbocycles. The Morgan fingerprint density at radius 1 is 1.17 bits per heavy atom. The number of benzene rings is 2. The second-order valence-electron chi connectivity index (χ2n) is 6.39. The molecule has 0 aliphatic carbocycles. The Morgan fingerprint density at radius 2 is 1.87 bits per heavy atom. The second-order valence-corrected chi connectivity index (χ2v) is 8.47. The van der Waals surface area contributed by atoms with Crippen molar-refractivity contribution in [2.45, 2.75) is 12.8 Å². The van der Waals surface area contributed by atoms with Gasteiger partial charge in [0.1, 0.15) is 4.32 Å². The van der Waals surface area contributed by atoms with Crippen molar-refractivity contribution < 1.29 is 19.5 Å². The van der Waals surface area contributed by atoms with Gasteiger partial charge in [-0.2, -0.15) is 0 Å². The van der Waals surface area contributed by atoms with E-state index in [9.17, 15) is 14.4 Å². The molecule has 0 atom stereocenters. The largest absolute Gasteiger partial charge is 0.478 e. The van der Waals surface area contributed by atoms with Gasteiger partial charge in [-0.1, -0.05) is 53.8 Å². The van der Waals surface area contributed by atoms with Gasteiger partial charge < -0.3 is 10.4 Å². The van der Waals surface area contributed by atoms with Gasteiger partial charge in [0.2, 0.25) is 5.91 Å². The summed E-state index contributed by atoms with van der Waals surface area (Å²) in [4.78, 5) is 37.6. The van der Waals surface area contributed by atoms with E-state index in [2.05, 4.69) is 5.32 Å². The maximum Gasteiger partial charge on any atom is 0.335 e. The molecule has 0 aromatic heterocycles. The molecule has 2 amide bonds. The van der Waals surface area contributed by atoms with Gasteiger partial charge in [0, 0.05) is 23.7 Å². The summed E-state index contributed by atoms with van der Waals surface area (Å²) < 4.78 is 0.447. The molecule has 1 aliphatic heterocycles. The summed E-state index contributed by atoms with van der Waals surface area (Å²) in [5, 5.41) is 12.1. The quantitative estimate of drug-likeness (QED) is 0.461. The zero-order valence-corrected chi connectivity index (χ0v) is 18.0. The first-order valence-corrected chi connectivity index (χ1v) is 10.6. The standard InChI is InChI=1S/C21H17ClN2O4S2/c22-16-5-2-1-4-14(16)12-17-19(26)24(21(29)30-17)11-3-6-18(25)23-15-9-7-13(8-10-15)20(27)28/h1-2,4-5,7-10,12H,3,6,11H2,(H,23,25)(H,27,28)/b17-12+. The molecule has 154 valence electrons. The van der Waals surface area contributed by atoms with Gasteiger partial charge in [-0.05, 0) is 48.4 Å². The number of nitrogens with zero attached hydrogens (tertiary/aromatic N) is 1. The van der Waals surface area contributed by atoms with Gasteiger partial charge in [-0.3, -0.25) is 14.5 Å². The highest BCUT2D eigenvalue weighted by molar-refractivity contribution is 8.26. The van der Waals surface area contributed by atoms with Crippen molar-refractivity contribution in [2.75, 3.05) is 11.9 Å². The molecular weight excluding hydrogens is 444 g/mol. The monoisotopic (exact) mass is 460 g/mol. The number of amides is 2. The molecule has 9 heteroatoms. The summed E-state index contributed by atoms with van der Waals surface area (Å²) in [6.07, 6.45) is 2.35. The van der Waals surface area contributed by atoms with Crippen LogP contribution >= 0.6 is 35.6 Å². The van der Waals surface area contributed by atoms with E-state index in [0.717, 1.165) is 5.56 Å². The SMILES string of the molecule is O=C(CCCN1C(=O)/C(=C\c2ccccc2Cl)SC1=S)Nc1ccc(C(=O)O)cc1. The van der Waals surface area contributed by atoms with Crippen molar-refractivity contribution in [2.24, 2.45) is 0 Å². The van der Waals surface area contributed by atoms with E-state index in [-0.39, 0.29) is 23.8 Å². The Labute approximate surface area is 187 Å². The van der Waals surface area contributed by atoms with Crippen LogP contribution in [-0.4, -0.2) is 38.7 Å². The Hall–Kier alpha value is -2.68. The molecule has 2 N–H and O–H groups in total. The number of rotatable bonds is 7. The van der Waals surface area contributed by atoms with Gasteiger partial charge >= 0.3 is 5.97 Å². The Kier molecular flexibility index (Phi) is 7.25. The molecule has 0 bridgehead atoms. The summed E-state index contributed by atoms with van der Waals surface area (Å²) in [5.41, 5.74) is 1.40. The van der Waals surface area contributed by atoms with Gasteiger partial charge in [-0.25, -0.2) is 4.79 Å². The van der Waals surface area contributed by atoms with Crippen LogP contribution in [0, 0.1) is 0 Å². The molecule has 6 nitrogen and oxygen atoms in total. The first kappa shape index (κ1) is 22.0. The lowest BCUT2D eigenvalue weighted by Gasteiger charge is -2.14. The first-order valence-electron chi connectivity index (χ1n) is 8.98. The normalized spacial score (nSPS) is 15.0. The van der Waals surface area contributed by atoms with Crippen molar-refractivity contribution in [3.63, 3.8) is 0 Å². The van der Waals surface area contributed by atoms with Crippen molar-refractivity contribution in [1.82, 2.24) is 4.90 Å². The van der Waals surface area contributed by atoms with Crippen LogP contribution in [0.2, 0.25) is 5.02 Å². The summed E-state index contributed by atoms with van der Waals surface area (Å²) in [5.74, 6) is -1.45. The molecule has 0 saturated carbocycles. The molecule has 0 radical (unpaired) electrons. The minimum atomic E-state index is -1.03. The summed E-state index contributed by atoms with van der Waals surface area (Å²) in [7, 11) is 0. The number of nitrogens with one attached hydrogen (secondary N) is 1. The third-order valence-electron chi connectivity index (χ3n) is 4.27. The molecule has 1 aliphatic rings. The lowest BCUT2D eigenvalue weighted by molar-refractivity contribution is -0.122. The number of carboxylic acids is 1. The van der Waals surface area contributed by atoms with Gasteiger partial charge in [0.25, 0.3) is 5.91 Å². The van der Waals surface area contributed by atoms with E-state index in [1.54, 1.807) is 12.1 Å². The minimum Gasteiger partial charge on any atom is -0.478 e. The van der Waals surface area contributed by atoms with E-state index in [4.69, 9.17) is 28.9 Å². The molecule has 0 spiro atoms.